The van der Waals surface area contributed by atoms with Crippen molar-refractivity contribution in [3.63, 3.8) is 0 Å². The number of anilines is 1. The Labute approximate surface area is 113 Å². The summed E-state index contributed by atoms with van der Waals surface area (Å²) in [4.78, 5) is 3.59. The lowest BCUT2D eigenvalue weighted by molar-refractivity contribution is -0.141. The van der Waals surface area contributed by atoms with Gasteiger partial charge in [-0.2, -0.15) is 13.2 Å². The zero-order valence-electron chi connectivity index (χ0n) is 11.3. The number of fused-ring (bicyclic) bond motifs is 1. The predicted octanol–water partition coefficient (Wildman–Crippen LogP) is 4.44. The minimum absolute atomic E-state index is 0.00183. The molecule has 0 radical (unpaired) electrons. The number of aromatic nitrogens is 1. The average molecular weight is 286 g/mol. The summed E-state index contributed by atoms with van der Waals surface area (Å²) in [6.45, 7) is 5.19. The topological polar surface area (TPSA) is 24.9 Å². The summed E-state index contributed by atoms with van der Waals surface area (Å²) in [6.07, 6.45) is -4.57. The van der Waals surface area contributed by atoms with Crippen molar-refractivity contribution >= 4 is 16.6 Å². The smallest absolute Gasteiger partial charge is 0.385 e. The highest BCUT2D eigenvalue weighted by molar-refractivity contribution is 5.94. The van der Waals surface area contributed by atoms with E-state index in [4.69, 9.17) is 0 Å². The van der Waals surface area contributed by atoms with Gasteiger partial charge in [0.1, 0.15) is 11.5 Å². The van der Waals surface area contributed by atoms with E-state index in [1.165, 1.54) is 13.0 Å². The molecule has 0 aliphatic carbocycles. The van der Waals surface area contributed by atoms with Gasteiger partial charge in [0.2, 0.25) is 0 Å². The number of hydrogen-bond donors (Lipinski definition) is 1. The Morgan fingerprint density at radius 3 is 2.40 bits per heavy atom. The minimum atomic E-state index is -4.57. The van der Waals surface area contributed by atoms with Gasteiger partial charge in [0.25, 0.3) is 0 Å². The lowest BCUT2D eigenvalue weighted by atomic mass is 10.0. The second-order valence-corrected chi connectivity index (χ2v) is 4.61. The second kappa shape index (κ2) is 4.92. The average Bonchev–Trinajstić information content (AvgIpc) is 2.33. The first-order valence-electron chi connectivity index (χ1n) is 6.17. The molecule has 1 heterocycles. The van der Waals surface area contributed by atoms with Crippen molar-refractivity contribution in [2.24, 2.45) is 0 Å². The predicted molar refractivity (Wildman–Crippen MR) is 70.3 cm³/mol. The third-order valence-corrected chi connectivity index (χ3v) is 3.13. The van der Waals surface area contributed by atoms with Gasteiger partial charge in [-0.25, -0.2) is 9.37 Å². The Kier molecular flexibility index (Phi) is 3.58. The molecule has 0 bridgehead atoms. The summed E-state index contributed by atoms with van der Waals surface area (Å²) >= 11 is 0. The van der Waals surface area contributed by atoms with E-state index in [0.717, 1.165) is 6.07 Å². The molecule has 0 unspecified atom stereocenters. The van der Waals surface area contributed by atoms with Crippen LogP contribution in [0.15, 0.2) is 12.1 Å². The second-order valence-electron chi connectivity index (χ2n) is 4.61. The van der Waals surface area contributed by atoms with Crippen LogP contribution in [-0.2, 0) is 6.18 Å². The van der Waals surface area contributed by atoms with E-state index in [-0.39, 0.29) is 11.1 Å². The molecule has 0 spiro atoms. The van der Waals surface area contributed by atoms with Crippen molar-refractivity contribution in [1.29, 1.82) is 0 Å². The first-order valence-corrected chi connectivity index (χ1v) is 6.17. The number of hydrogen-bond acceptors (Lipinski definition) is 2. The van der Waals surface area contributed by atoms with Gasteiger partial charge in [-0.3, -0.25) is 0 Å². The van der Waals surface area contributed by atoms with Gasteiger partial charge in [-0.05, 0) is 32.4 Å². The Morgan fingerprint density at radius 1 is 1.20 bits per heavy atom. The summed E-state index contributed by atoms with van der Waals surface area (Å²) in [5, 5.41) is 3.41. The Hall–Kier alpha value is -1.85. The lowest BCUT2D eigenvalue weighted by Crippen LogP contribution is -2.13. The number of aryl methyl sites for hydroxylation is 1. The standard InChI is InChI=1S/C14H14F4N2/c1-4-19-12-8(3)13(14(16,17)18)20-11-6-10(15)7(2)5-9(11)12/h5-6H,4H2,1-3H3,(H,19,20). The van der Waals surface area contributed by atoms with E-state index in [1.54, 1.807) is 13.8 Å². The van der Waals surface area contributed by atoms with E-state index in [2.05, 4.69) is 10.3 Å². The van der Waals surface area contributed by atoms with Crippen LogP contribution in [0.4, 0.5) is 23.2 Å². The lowest BCUT2D eigenvalue weighted by Gasteiger charge is -2.17. The Bertz CT molecular complexity index is 662. The first-order chi connectivity index (χ1) is 9.25. The molecule has 1 aromatic carbocycles. The zero-order chi connectivity index (χ0) is 15.1. The molecule has 0 amide bonds. The maximum absolute atomic E-state index is 13.6. The molecule has 0 aliphatic rings. The number of nitrogens with one attached hydrogen (secondary N) is 1. The van der Waals surface area contributed by atoms with E-state index < -0.39 is 17.7 Å². The molecule has 0 atom stereocenters. The van der Waals surface area contributed by atoms with Crippen molar-refractivity contribution in [2.45, 2.75) is 26.9 Å². The van der Waals surface area contributed by atoms with E-state index in [0.29, 0.717) is 23.2 Å². The third-order valence-electron chi connectivity index (χ3n) is 3.13. The summed E-state index contributed by atoms with van der Waals surface area (Å²) < 4.78 is 52.5. The molecule has 20 heavy (non-hydrogen) atoms. The number of rotatable bonds is 2. The molecule has 2 nitrogen and oxygen atoms in total. The molecule has 0 saturated heterocycles. The molecule has 0 fully saturated rings. The molecule has 0 saturated carbocycles. The fourth-order valence-corrected chi connectivity index (χ4v) is 2.17. The van der Waals surface area contributed by atoms with Crippen molar-refractivity contribution in [2.75, 3.05) is 11.9 Å². The van der Waals surface area contributed by atoms with Crippen LogP contribution in [0, 0.1) is 19.7 Å². The molecule has 2 rings (SSSR count). The third kappa shape index (κ3) is 2.42. The van der Waals surface area contributed by atoms with Crippen LogP contribution in [0.1, 0.15) is 23.7 Å². The van der Waals surface area contributed by atoms with Crippen molar-refractivity contribution in [1.82, 2.24) is 4.98 Å². The van der Waals surface area contributed by atoms with Crippen LogP contribution in [0.3, 0.4) is 0 Å². The van der Waals surface area contributed by atoms with Crippen LogP contribution in [-0.4, -0.2) is 11.5 Å². The molecular formula is C14H14F4N2. The van der Waals surface area contributed by atoms with Gasteiger partial charge in [-0.1, -0.05) is 0 Å². The number of halogens is 4. The van der Waals surface area contributed by atoms with Crippen LogP contribution in [0.2, 0.25) is 0 Å². The van der Waals surface area contributed by atoms with E-state index >= 15 is 0 Å². The van der Waals surface area contributed by atoms with Gasteiger partial charge < -0.3 is 5.32 Å². The fourth-order valence-electron chi connectivity index (χ4n) is 2.17. The van der Waals surface area contributed by atoms with E-state index in [1.807, 2.05) is 0 Å². The van der Waals surface area contributed by atoms with Crippen molar-refractivity contribution in [3.05, 3.63) is 34.8 Å². The summed E-state index contributed by atoms with van der Waals surface area (Å²) in [5.74, 6) is -0.565. The van der Waals surface area contributed by atoms with Gasteiger partial charge >= 0.3 is 6.18 Å². The Morgan fingerprint density at radius 2 is 1.85 bits per heavy atom. The SMILES string of the molecule is CCNc1c(C)c(C(F)(F)F)nc2cc(F)c(C)cc12. The van der Waals surface area contributed by atoms with Crippen LogP contribution >= 0.6 is 0 Å². The highest BCUT2D eigenvalue weighted by Crippen LogP contribution is 2.37. The van der Waals surface area contributed by atoms with Crippen molar-refractivity contribution in [3.8, 4) is 0 Å². The molecule has 108 valence electrons. The van der Waals surface area contributed by atoms with Gasteiger partial charge in [0, 0.05) is 29.2 Å². The normalized spacial score (nSPS) is 11.9. The highest BCUT2D eigenvalue weighted by Gasteiger charge is 2.36. The molecule has 2 aromatic rings. The fraction of sp³-hybridized carbons (Fsp3) is 0.357. The van der Waals surface area contributed by atoms with Crippen LogP contribution < -0.4 is 5.32 Å². The number of benzene rings is 1. The highest BCUT2D eigenvalue weighted by atomic mass is 19.4. The number of alkyl halides is 3. The number of pyridine rings is 1. The van der Waals surface area contributed by atoms with Gasteiger partial charge in [0.05, 0.1) is 5.52 Å². The zero-order valence-corrected chi connectivity index (χ0v) is 11.3. The molecule has 6 heteroatoms. The summed E-state index contributed by atoms with van der Waals surface area (Å²) in [6, 6.07) is 2.56. The Balaban J connectivity index is 2.87. The number of nitrogens with zero attached hydrogens (tertiary/aromatic N) is 1. The summed E-state index contributed by atoms with van der Waals surface area (Å²) in [5.41, 5.74) is -0.227. The van der Waals surface area contributed by atoms with Gasteiger partial charge in [0.15, 0.2) is 0 Å². The van der Waals surface area contributed by atoms with Crippen LogP contribution in [0.5, 0.6) is 0 Å². The minimum Gasteiger partial charge on any atom is -0.385 e. The maximum Gasteiger partial charge on any atom is 0.433 e. The largest absolute Gasteiger partial charge is 0.433 e. The monoisotopic (exact) mass is 286 g/mol. The summed E-state index contributed by atoms with van der Waals surface area (Å²) in [7, 11) is 0. The molecule has 1 N–H and O–H groups in total. The maximum atomic E-state index is 13.6. The van der Waals surface area contributed by atoms with E-state index in [9.17, 15) is 17.6 Å². The quantitative estimate of drug-likeness (QED) is 0.825. The van der Waals surface area contributed by atoms with Crippen LogP contribution in [0.25, 0.3) is 10.9 Å². The molecular weight excluding hydrogens is 272 g/mol. The first kappa shape index (κ1) is 14.6. The molecule has 1 aromatic heterocycles. The van der Waals surface area contributed by atoms with Gasteiger partial charge in [-0.15, -0.1) is 0 Å². The molecule has 0 aliphatic heterocycles. The van der Waals surface area contributed by atoms with Crippen molar-refractivity contribution < 1.29 is 17.6 Å².